The van der Waals surface area contributed by atoms with Crippen LogP contribution in [0.25, 0.3) is 10.1 Å². The largest absolute Gasteiger partial charge is 0.453 e. The number of carbonyl (C=O) groups is 2. The molecule has 2 aromatic heterocycles. The summed E-state index contributed by atoms with van der Waals surface area (Å²) in [7, 11) is 3.11. The van der Waals surface area contributed by atoms with Crippen LogP contribution in [-0.2, 0) is 20.8 Å². The zero-order valence-corrected chi connectivity index (χ0v) is 19.1. The maximum Gasteiger partial charge on any atom is 0.349 e. The molecular weight excluding hydrogens is 421 g/mol. The van der Waals surface area contributed by atoms with Gasteiger partial charge in [-0.15, -0.1) is 11.3 Å². The van der Waals surface area contributed by atoms with Crippen LogP contribution in [0.5, 0.6) is 0 Å². The van der Waals surface area contributed by atoms with Gasteiger partial charge in [-0.2, -0.15) is 0 Å². The number of ketones is 1. The first-order valence-corrected chi connectivity index (χ1v) is 10.7. The van der Waals surface area contributed by atoms with Crippen LogP contribution in [-0.4, -0.2) is 43.8 Å². The lowest BCUT2D eigenvalue weighted by Crippen LogP contribution is -2.17. The molecule has 0 saturated heterocycles. The van der Waals surface area contributed by atoms with E-state index in [1.54, 1.807) is 25.3 Å². The Morgan fingerprint density at radius 3 is 2.61 bits per heavy atom. The number of hydrogen-bond acceptors (Lipinski definition) is 6. The van der Waals surface area contributed by atoms with E-state index in [9.17, 15) is 14.0 Å². The highest BCUT2D eigenvalue weighted by Crippen LogP contribution is 2.34. The Kier molecular flexibility index (Phi) is 7.25. The highest BCUT2D eigenvalue weighted by atomic mass is 32.1. The van der Waals surface area contributed by atoms with Gasteiger partial charge in [-0.1, -0.05) is 6.07 Å². The van der Waals surface area contributed by atoms with Gasteiger partial charge in [-0.3, -0.25) is 4.79 Å². The van der Waals surface area contributed by atoms with E-state index in [1.807, 2.05) is 25.3 Å². The molecule has 0 radical (unpaired) electrons. The van der Waals surface area contributed by atoms with Gasteiger partial charge < -0.3 is 18.8 Å². The number of esters is 1. The molecular formula is C23H26FNO5S. The van der Waals surface area contributed by atoms with E-state index in [1.165, 1.54) is 13.2 Å². The average Bonchev–Trinajstić information content (AvgIpc) is 3.24. The van der Waals surface area contributed by atoms with Gasteiger partial charge in [0.25, 0.3) is 0 Å². The van der Waals surface area contributed by atoms with Crippen molar-refractivity contribution >= 4 is 33.2 Å². The highest BCUT2D eigenvalue weighted by Gasteiger charge is 2.24. The fourth-order valence-electron chi connectivity index (χ4n) is 3.94. The number of hydrogen-bond donors (Lipinski definition) is 0. The number of aromatic nitrogens is 1. The molecule has 0 aliphatic carbocycles. The average molecular weight is 448 g/mol. The van der Waals surface area contributed by atoms with Gasteiger partial charge in [-0.05, 0) is 39.0 Å². The molecule has 0 fully saturated rings. The number of methoxy groups -OCH3 is 2. The van der Waals surface area contributed by atoms with Crippen molar-refractivity contribution < 1.29 is 28.2 Å². The summed E-state index contributed by atoms with van der Waals surface area (Å²) in [4.78, 5) is 25.8. The van der Waals surface area contributed by atoms with Crippen molar-refractivity contribution in [2.75, 3.05) is 27.4 Å². The third-order valence-corrected chi connectivity index (χ3v) is 6.38. The molecule has 1 atom stereocenters. The molecule has 1 aromatic carbocycles. The Labute approximate surface area is 184 Å². The first-order chi connectivity index (χ1) is 14.8. The lowest BCUT2D eigenvalue weighted by atomic mass is 10.1. The highest BCUT2D eigenvalue weighted by molar-refractivity contribution is 7.21. The fraction of sp³-hybridized carbons (Fsp3) is 0.391. The van der Waals surface area contributed by atoms with Crippen LogP contribution < -0.4 is 0 Å². The summed E-state index contributed by atoms with van der Waals surface area (Å²) in [6, 6.07) is 6.53. The number of thiophene rings is 1. The minimum Gasteiger partial charge on any atom is -0.453 e. The minimum absolute atomic E-state index is 0.0673. The summed E-state index contributed by atoms with van der Waals surface area (Å²) in [6.45, 7) is 5.98. The van der Waals surface area contributed by atoms with E-state index in [4.69, 9.17) is 14.2 Å². The van der Waals surface area contributed by atoms with Gasteiger partial charge in [0.15, 0.2) is 6.61 Å². The molecule has 0 unspecified atom stereocenters. The second-order valence-corrected chi connectivity index (χ2v) is 8.47. The second kappa shape index (κ2) is 9.72. The van der Waals surface area contributed by atoms with Crippen LogP contribution in [0.1, 0.15) is 49.9 Å². The predicted molar refractivity (Wildman–Crippen MR) is 118 cm³/mol. The molecule has 0 saturated carbocycles. The maximum absolute atomic E-state index is 14.3. The predicted octanol–water partition coefficient (Wildman–Crippen LogP) is 4.85. The smallest absolute Gasteiger partial charge is 0.349 e. The molecule has 0 amide bonds. The monoisotopic (exact) mass is 447 g/mol. The summed E-state index contributed by atoms with van der Waals surface area (Å²) in [5.74, 6) is -1.38. The molecule has 2 heterocycles. The summed E-state index contributed by atoms with van der Waals surface area (Å²) < 4.78 is 32.7. The van der Waals surface area contributed by atoms with E-state index in [0.717, 1.165) is 22.7 Å². The van der Waals surface area contributed by atoms with Gasteiger partial charge in [0, 0.05) is 46.8 Å². The molecule has 0 spiro atoms. The molecule has 166 valence electrons. The number of aryl methyl sites for hydroxylation is 1. The van der Waals surface area contributed by atoms with E-state index >= 15 is 0 Å². The fourth-order valence-corrected chi connectivity index (χ4v) is 5.06. The lowest BCUT2D eigenvalue weighted by Gasteiger charge is -2.17. The van der Waals surface area contributed by atoms with Crippen molar-refractivity contribution in [3.05, 3.63) is 57.5 Å². The van der Waals surface area contributed by atoms with Crippen molar-refractivity contribution in [1.29, 1.82) is 0 Å². The normalized spacial score (nSPS) is 12.3. The first kappa shape index (κ1) is 23.1. The molecule has 31 heavy (non-hydrogen) atoms. The number of ether oxygens (including phenoxy) is 3. The zero-order chi connectivity index (χ0) is 22.7. The van der Waals surface area contributed by atoms with Crippen molar-refractivity contribution in [3.63, 3.8) is 0 Å². The van der Waals surface area contributed by atoms with Gasteiger partial charge in [-0.25, -0.2) is 9.18 Å². The van der Waals surface area contributed by atoms with Crippen molar-refractivity contribution in [3.8, 4) is 0 Å². The third-order valence-electron chi connectivity index (χ3n) is 5.21. The van der Waals surface area contributed by atoms with Crippen LogP contribution in [0.3, 0.4) is 0 Å². The minimum atomic E-state index is -0.664. The van der Waals surface area contributed by atoms with Gasteiger partial charge in [0.2, 0.25) is 5.78 Å². The van der Waals surface area contributed by atoms with Gasteiger partial charge >= 0.3 is 5.97 Å². The topological polar surface area (TPSA) is 66.8 Å². The van der Waals surface area contributed by atoms with Gasteiger partial charge in [0.1, 0.15) is 10.7 Å². The Morgan fingerprint density at radius 1 is 1.19 bits per heavy atom. The Hall–Kier alpha value is -2.55. The number of rotatable bonds is 9. The molecule has 8 heteroatoms. The van der Waals surface area contributed by atoms with Gasteiger partial charge in [0.05, 0.1) is 19.3 Å². The van der Waals surface area contributed by atoms with Crippen LogP contribution in [0.15, 0.2) is 24.3 Å². The van der Waals surface area contributed by atoms with Crippen molar-refractivity contribution in [2.24, 2.45) is 0 Å². The quantitative estimate of drug-likeness (QED) is 0.346. The van der Waals surface area contributed by atoms with Crippen LogP contribution >= 0.6 is 11.3 Å². The number of halogens is 1. The first-order valence-electron chi connectivity index (χ1n) is 9.86. The van der Waals surface area contributed by atoms with Crippen molar-refractivity contribution in [2.45, 2.75) is 33.4 Å². The molecule has 6 nitrogen and oxygen atoms in total. The van der Waals surface area contributed by atoms with Crippen LogP contribution in [0, 0.1) is 19.7 Å². The third kappa shape index (κ3) is 4.56. The lowest BCUT2D eigenvalue weighted by molar-refractivity contribution is 0.0476. The molecule has 0 aliphatic rings. The molecule has 0 aliphatic heterocycles. The van der Waals surface area contributed by atoms with E-state index < -0.39 is 18.4 Å². The molecule has 0 bridgehead atoms. The molecule has 0 N–H and O–H groups in total. The summed E-state index contributed by atoms with van der Waals surface area (Å²) in [5.41, 5.74) is 2.67. The summed E-state index contributed by atoms with van der Waals surface area (Å²) in [6.07, 6.45) is 0. The number of nitrogens with zero attached hydrogens (tertiary/aromatic N) is 1. The molecule has 3 aromatic rings. The number of fused-ring (bicyclic) bond motifs is 1. The maximum atomic E-state index is 14.3. The van der Waals surface area contributed by atoms with E-state index in [-0.39, 0.29) is 23.3 Å². The SMILES string of the molecule is COCc1c(C(=O)OCC(=O)c2cc(C)n([C@@H](C)COC)c2C)sc2cccc(F)c12. The van der Waals surface area contributed by atoms with Crippen molar-refractivity contribution in [1.82, 2.24) is 4.57 Å². The Morgan fingerprint density at radius 2 is 1.94 bits per heavy atom. The summed E-state index contributed by atoms with van der Waals surface area (Å²) >= 11 is 1.13. The number of Topliss-reactive ketones (excluding diaryl/α,β-unsaturated/α-hetero) is 1. The van der Waals surface area contributed by atoms with E-state index in [2.05, 4.69) is 0 Å². The van der Waals surface area contributed by atoms with Crippen LogP contribution in [0.2, 0.25) is 0 Å². The van der Waals surface area contributed by atoms with E-state index in [0.29, 0.717) is 27.8 Å². The second-order valence-electron chi connectivity index (χ2n) is 7.41. The Bertz CT molecular complexity index is 1120. The molecule has 3 rings (SSSR count). The standard InChI is InChI=1S/C23H26FNO5S/c1-13-9-16(15(3)25(13)14(2)10-28-4)19(26)12-30-23(27)22-17(11-29-5)21-18(24)7-6-8-20(21)31-22/h6-9,14H,10-12H2,1-5H3/t14-/m0/s1. The van der Waals surface area contributed by atoms with Crippen LogP contribution in [0.4, 0.5) is 4.39 Å². The summed E-state index contributed by atoms with van der Waals surface area (Å²) in [5, 5.41) is 0.350. The zero-order valence-electron chi connectivity index (χ0n) is 18.3. The number of carbonyl (C=O) groups excluding carboxylic acids is 2. The Balaban J connectivity index is 1.80. The number of benzene rings is 1.